The molecule has 0 saturated carbocycles. The molecule has 3 aromatic rings. The van der Waals surface area contributed by atoms with Gasteiger partial charge in [0.05, 0.1) is 33.7 Å². The molecule has 158 valence electrons. The first-order valence-electron chi connectivity index (χ1n) is 10.4. The summed E-state index contributed by atoms with van der Waals surface area (Å²) in [5.41, 5.74) is 4.91. The van der Waals surface area contributed by atoms with Crippen LogP contribution < -0.4 is 15.8 Å². The van der Waals surface area contributed by atoms with E-state index >= 15 is 0 Å². The Hall–Kier alpha value is -2.70. The number of likely N-dealkylation sites (N-methyl/N-ethyl adjacent to an activating group) is 1. The minimum Gasteiger partial charge on any atom is -0.339 e. The lowest BCUT2D eigenvalue weighted by molar-refractivity contribution is -0.857. The highest BCUT2D eigenvalue weighted by Gasteiger charge is 2.15. The topological polar surface area (TPSA) is 52.6 Å². The fourth-order valence-electron chi connectivity index (χ4n) is 3.38. The SMILES string of the molecule is CCc1ccc2[nH]c(=O)c(CN(CC[NH+](C)C)C(=S)Nc3cccc(C)c3)cc2c1. The van der Waals surface area contributed by atoms with E-state index in [1.807, 2.05) is 24.3 Å². The molecule has 0 aliphatic carbocycles. The van der Waals surface area contributed by atoms with Crippen molar-refractivity contribution in [2.24, 2.45) is 0 Å². The van der Waals surface area contributed by atoms with Gasteiger partial charge < -0.3 is 20.1 Å². The first-order chi connectivity index (χ1) is 14.4. The minimum absolute atomic E-state index is 0.0627. The van der Waals surface area contributed by atoms with Crippen LogP contribution in [-0.2, 0) is 13.0 Å². The maximum atomic E-state index is 12.7. The van der Waals surface area contributed by atoms with Crippen LogP contribution in [0, 0.1) is 6.92 Å². The fourth-order valence-corrected chi connectivity index (χ4v) is 3.65. The lowest BCUT2D eigenvalue weighted by Gasteiger charge is -2.26. The largest absolute Gasteiger partial charge is 0.339 e. The summed E-state index contributed by atoms with van der Waals surface area (Å²) < 4.78 is 0. The van der Waals surface area contributed by atoms with Gasteiger partial charge in [-0.1, -0.05) is 25.1 Å². The zero-order valence-corrected chi connectivity index (χ0v) is 19.0. The van der Waals surface area contributed by atoms with Gasteiger partial charge in [0, 0.05) is 16.8 Å². The maximum Gasteiger partial charge on any atom is 0.253 e. The third-order valence-electron chi connectivity index (χ3n) is 5.19. The van der Waals surface area contributed by atoms with E-state index in [1.165, 1.54) is 16.0 Å². The number of hydrogen-bond acceptors (Lipinski definition) is 2. The quantitative estimate of drug-likeness (QED) is 0.512. The highest BCUT2D eigenvalue weighted by molar-refractivity contribution is 7.80. The molecule has 0 saturated heterocycles. The number of pyridine rings is 1. The summed E-state index contributed by atoms with van der Waals surface area (Å²) in [4.78, 5) is 19.2. The molecule has 3 N–H and O–H groups in total. The van der Waals surface area contributed by atoms with Gasteiger partial charge in [0.1, 0.15) is 0 Å². The Bertz CT molecular complexity index is 1090. The van der Waals surface area contributed by atoms with Crippen molar-refractivity contribution in [3.05, 3.63) is 75.6 Å². The predicted molar refractivity (Wildman–Crippen MR) is 129 cm³/mol. The second-order valence-corrected chi connectivity index (χ2v) is 8.46. The summed E-state index contributed by atoms with van der Waals surface area (Å²) in [5, 5.41) is 5.02. The molecule has 5 nitrogen and oxygen atoms in total. The van der Waals surface area contributed by atoms with Crippen molar-refractivity contribution in [3.63, 3.8) is 0 Å². The Labute approximate surface area is 183 Å². The van der Waals surface area contributed by atoms with Crippen molar-refractivity contribution >= 4 is 33.9 Å². The van der Waals surface area contributed by atoms with Crippen LogP contribution >= 0.6 is 12.2 Å². The van der Waals surface area contributed by atoms with Gasteiger partial charge in [0.15, 0.2) is 5.11 Å². The Kier molecular flexibility index (Phi) is 7.24. The third-order valence-corrected chi connectivity index (χ3v) is 5.55. The van der Waals surface area contributed by atoms with Crippen LogP contribution in [0.5, 0.6) is 0 Å². The van der Waals surface area contributed by atoms with Gasteiger partial charge in [-0.15, -0.1) is 0 Å². The summed E-state index contributed by atoms with van der Waals surface area (Å²) in [6.07, 6.45) is 0.965. The summed E-state index contributed by atoms with van der Waals surface area (Å²) >= 11 is 5.72. The van der Waals surface area contributed by atoms with E-state index in [1.54, 1.807) is 0 Å². The van der Waals surface area contributed by atoms with Crippen molar-refractivity contribution in [2.75, 3.05) is 32.5 Å². The molecule has 0 amide bonds. The second-order valence-electron chi connectivity index (χ2n) is 8.08. The summed E-state index contributed by atoms with van der Waals surface area (Å²) in [6.45, 7) is 6.33. The molecule has 0 bridgehead atoms. The number of nitrogens with zero attached hydrogens (tertiary/aromatic N) is 1. The summed E-state index contributed by atoms with van der Waals surface area (Å²) in [7, 11) is 4.23. The van der Waals surface area contributed by atoms with Crippen LogP contribution in [0.4, 0.5) is 5.69 Å². The molecule has 0 spiro atoms. The number of aryl methyl sites for hydroxylation is 2. The molecule has 0 unspecified atom stereocenters. The van der Waals surface area contributed by atoms with Crippen LogP contribution in [0.2, 0.25) is 0 Å². The molecule has 1 aromatic heterocycles. The molecule has 3 rings (SSSR count). The molecule has 0 aliphatic heterocycles. The lowest BCUT2D eigenvalue weighted by atomic mass is 10.1. The van der Waals surface area contributed by atoms with Crippen LogP contribution in [0.25, 0.3) is 10.9 Å². The van der Waals surface area contributed by atoms with Gasteiger partial charge >= 0.3 is 0 Å². The monoisotopic (exact) mass is 423 g/mol. The van der Waals surface area contributed by atoms with Crippen LogP contribution in [0.15, 0.2) is 53.3 Å². The van der Waals surface area contributed by atoms with Crippen molar-refractivity contribution in [2.45, 2.75) is 26.8 Å². The lowest BCUT2D eigenvalue weighted by Crippen LogP contribution is -3.06. The van der Waals surface area contributed by atoms with Crippen LogP contribution in [0.3, 0.4) is 0 Å². The van der Waals surface area contributed by atoms with Gasteiger partial charge in [0.25, 0.3) is 5.56 Å². The first-order valence-corrected chi connectivity index (χ1v) is 10.8. The van der Waals surface area contributed by atoms with Crippen molar-refractivity contribution in [1.29, 1.82) is 0 Å². The normalized spacial score (nSPS) is 11.1. The van der Waals surface area contributed by atoms with Crippen LogP contribution in [-0.4, -0.2) is 42.2 Å². The average molecular weight is 424 g/mol. The number of fused-ring (bicyclic) bond motifs is 1. The minimum atomic E-state index is -0.0627. The number of nitrogens with one attached hydrogen (secondary N) is 3. The third kappa shape index (κ3) is 5.68. The van der Waals surface area contributed by atoms with E-state index < -0.39 is 0 Å². The van der Waals surface area contributed by atoms with Gasteiger partial charge in [-0.05, 0) is 72.4 Å². The number of aromatic nitrogens is 1. The summed E-state index contributed by atoms with van der Waals surface area (Å²) in [6, 6.07) is 16.3. The van der Waals surface area contributed by atoms with E-state index in [2.05, 4.69) is 67.4 Å². The van der Waals surface area contributed by atoms with Gasteiger partial charge in [0.2, 0.25) is 0 Å². The Balaban J connectivity index is 1.87. The fraction of sp³-hybridized carbons (Fsp3) is 0.333. The van der Waals surface area contributed by atoms with E-state index in [0.29, 0.717) is 11.7 Å². The smallest absolute Gasteiger partial charge is 0.253 e. The average Bonchev–Trinajstić information content (AvgIpc) is 2.70. The zero-order valence-electron chi connectivity index (χ0n) is 18.2. The summed E-state index contributed by atoms with van der Waals surface area (Å²) in [5.74, 6) is 0. The van der Waals surface area contributed by atoms with E-state index in [0.717, 1.165) is 41.7 Å². The zero-order chi connectivity index (χ0) is 21.7. The Morgan fingerprint density at radius 2 is 1.97 bits per heavy atom. The molecule has 30 heavy (non-hydrogen) atoms. The number of anilines is 1. The number of benzene rings is 2. The van der Waals surface area contributed by atoms with E-state index in [9.17, 15) is 4.79 Å². The molecular weight excluding hydrogens is 392 g/mol. The molecular formula is C24H31N4OS+. The van der Waals surface area contributed by atoms with E-state index in [4.69, 9.17) is 12.2 Å². The van der Waals surface area contributed by atoms with Gasteiger partial charge in [-0.25, -0.2) is 0 Å². The highest BCUT2D eigenvalue weighted by atomic mass is 32.1. The van der Waals surface area contributed by atoms with Gasteiger partial charge in [-0.3, -0.25) is 4.79 Å². The Morgan fingerprint density at radius 1 is 1.17 bits per heavy atom. The number of quaternary nitrogens is 1. The highest BCUT2D eigenvalue weighted by Crippen LogP contribution is 2.16. The predicted octanol–water partition coefficient (Wildman–Crippen LogP) is 2.74. The number of thiocarbonyl (C=S) groups is 1. The first kappa shape index (κ1) is 22.0. The molecule has 0 atom stereocenters. The Morgan fingerprint density at radius 3 is 2.67 bits per heavy atom. The molecule has 0 radical (unpaired) electrons. The maximum absolute atomic E-state index is 12.7. The van der Waals surface area contributed by atoms with Crippen molar-refractivity contribution in [1.82, 2.24) is 9.88 Å². The number of hydrogen-bond donors (Lipinski definition) is 3. The van der Waals surface area contributed by atoms with Crippen molar-refractivity contribution in [3.8, 4) is 0 Å². The molecule has 1 heterocycles. The standard InChI is InChI=1S/C24H30N4OS/c1-5-18-9-10-22-19(14-18)15-20(23(29)26-22)16-28(12-11-27(3)4)24(30)25-21-8-6-7-17(2)13-21/h6-10,13-15H,5,11-12,16H2,1-4H3,(H,25,30)(H,26,29)/p+1. The number of aromatic amines is 1. The van der Waals surface area contributed by atoms with E-state index in [-0.39, 0.29) is 5.56 Å². The number of H-pyrrole nitrogens is 1. The molecule has 6 heteroatoms. The number of rotatable bonds is 7. The molecule has 0 aliphatic rings. The second kappa shape index (κ2) is 9.87. The van der Waals surface area contributed by atoms with Crippen LogP contribution in [0.1, 0.15) is 23.6 Å². The molecule has 2 aromatic carbocycles. The molecule has 0 fully saturated rings. The van der Waals surface area contributed by atoms with Gasteiger partial charge in [-0.2, -0.15) is 0 Å². The van der Waals surface area contributed by atoms with Crippen molar-refractivity contribution < 1.29 is 4.90 Å².